The summed E-state index contributed by atoms with van der Waals surface area (Å²) >= 11 is 5.36. The molecule has 0 aliphatic heterocycles. The lowest BCUT2D eigenvalue weighted by Gasteiger charge is -2.17. The third kappa shape index (κ3) is 3.42. The van der Waals surface area contributed by atoms with Gasteiger partial charge < -0.3 is 10.5 Å². The van der Waals surface area contributed by atoms with E-state index in [1.807, 2.05) is 31.2 Å². The maximum atomic E-state index is 13.4. The van der Waals surface area contributed by atoms with Gasteiger partial charge in [-0.2, -0.15) is 0 Å². The van der Waals surface area contributed by atoms with E-state index in [0.29, 0.717) is 11.5 Å². The van der Waals surface area contributed by atoms with Crippen LogP contribution < -0.4 is 5.73 Å². The fourth-order valence-corrected chi connectivity index (χ4v) is 6.65. The van der Waals surface area contributed by atoms with Crippen molar-refractivity contribution in [2.24, 2.45) is 11.1 Å². The number of thiocarbonyl (C=S) groups is 1. The van der Waals surface area contributed by atoms with Gasteiger partial charge in [0.1, 0.15) is 0 Å². The van der Waals surface area contributed by atoms with Crippen LogP contribution in [-0.2, 0) is 21.0 Å². The van der Waals surface area contributed by atoms with E-state index in [0.717, 1.165) is 12.0 Å². The van der Waals surface area contributed by atoms with Gasteiger partial charge in [0.05, 0.1) is 27.2 Å². The van der Waals surface area contributed by atoms with Crippen molar-refractivity contribution >= 4 is 27.0 Å². The zero-order valence-corrected chi connectivity index (χ0v) is 17.2. The molecule has 0 heterocycles. The van der Waals surface area contributed by atoms with Crippen LogP contribution in [0.5, 0.6) is 0 Å². The van der Waals surface area contributed by atoms with Crippen molar-refractivity contribution in [3.63, 3.8) is 0 Å². The van der Waals surface area contributed by atoms with Crippen molar-refractivity contribution in [1.82, 2.24) is 0 Å². The quantitative estimate of drug-likeness (QED) is 0.683. The minimum absolute atomic E-state index is 0.199. The molecule has 0 amide bonds. The summed E-state index contributed by atoms with van der Waals surface area (Å²) in [5.74, 6) is -0.308. The molecule has 0 bridgehead atoms. The average molecular weight is 404 g/mol. The smallest absolute Gasteiger partial charge is 0.182 e. The predicted octanol–water partition coefficient (Wildman–Crippen LogP) is 3.50. The van der Waals surface area contributed by atoms with Crippen molar-refractivity contribution < 1.29 is 13.2 Å². The Morgan fingerprint density at radius 1 is 1.11 bits per heavy atom. The van der Waals surface area contributed by atoms with Crippen LogP contribution in [0, 0.1) is 5.41 Å². The summed E-state index contributed by atoms with van der Waals surface area (Å²) in [6, 6.07) is 16.5. The van der Waals surface area contributed by atoms with Gasteiger partial charge >= 0.3 is 0 Å². The summed E-state index contributed by atoms with van der Waals surface area (Å²) < 4.78 is 32.5. The second-order valence-electron chi connectivity index (χ2n) is 6.89. The van der Waals surface area contributed by atoms with Gasteiger partial charge in [-0.15, -0.1) is 0 Å². The number of ether oxygens (including phenoxy) is 1. The van der Waals surface area contributed by atoms with E-state index in [4.69, 9.17) is 22.7 Å². The highest BCUT2D eigenvalue weighted by atomic mass is 32.2. The Balaban J connectivity index is 2.08. The zero-order valence-electron chi connectivity index (χ0n) is 15.6. The third-order valence-corrected chi connectivity index (χ3v) is 8.08. The molecular formula is C21H25NO3S2. The standard InChI is InChI=1S/C21H25NO3S2/c1-3-15-10-12-16(13-11-15)18-19(21(18,20(22)26)14-25-4-2)27(23,24)17-8-6-5-7-9-17/h5-13,18-19H,3-4,14H2,1-2H3,(H2,22,26)/t18-,19+,21-/m0/s1. The summed E-state index contributed by atoms with van der Waals surface area (Å²) in [4.78, 5) is 0.491. The first-order valence-electron chi connectivity index (χ1n) is 9.15. The number of nitrogens with two attached hydrogens (primary N) is 1. The number of benzene rings is 2. The molecule has 3 rings (SSSR count). The molecule has 2 aromatic rings. The molecule has 27 heavy (non-hydrogen) atoms. The molecule has 0 saturated heterocycles. The Labute approximate surface area is 166 Å². The van der Waals surface area contributed by atoms with Crippen LogP contribution in [0.2, 0.25) is 0 Å². The lowest BCUT2D eigenvalue weighted by atomic mass is 9.98. The monoisotopic (exact) mass is 403 g/mol. The highest BCUT2D eigenvalue weighted by Crippen LogP contribution is 2.64. The Hall–Kier alpha value is -1.76. The van der Waals surface area contributed by atoms with Crippen molar-refractivity contribution in [3.8, 4) is 0 Å². The van der Waals surface area contributed by atoms with Crippen molar-refractivity contribution in [2.75, 3.05) is 13.2 Å². The summed E-state index contributed by atoms with van der Waals surface area (Å²) in [5.41, 5.74) is 7.36. The van der Waals surface area contributed by atoms with Crippen LogP contribution in [0.25, 0.3) is 0 Å². The molecule has 0 unspecified atom stereocenters. The predicted molar refractivity (Wildman–Crippen MR) is 112 cm³/mol. The fourth-order valence-electron chi connectivity index (χ4n) is 3.86. The Morgan fingerprint density at radius 2 is 1.74 bits per heavy atom. The number of hydrogen-bond acceptors (Lipinski definition) is 4. The number of aryl methyl sites for hydroxylation is 1. The largest absolute Gasteiger partial charge is 0.393 e. The van der Waals surface area contributed by atoms with Crippen LogP contribution in [0.1, 0.15) is 30.9 Å². The molecule has 0 aromatic heterocycles. The SMILES string of the molecule is CCOC[C@@]1(C(N)=S)[C@H](S(=O)(=O)c2ccccc2)[C@@H]1c1ccc(CC)cc1. The first-order valence-corrected chi connectivity index (χ1v) is 11.1. The van der Waals surface area contributed by atoms with Gasteiger partial charge in [-0.1, -0.05) is 61.6 Å². The van der Waals surface area contributed by atoms with E-state index in [-0.39, 0.29) is 17.5 Å². The van der Waals surface area contributed by atoms with Crippen LogP contribution in [-0.4, -0.2) is 31.9 Å². The number of hydrogen-bond donors (Lipinski definition) is 1. The Bertz CT molecular complexity index is 910. The fraction of sp³-hybridized carbons (Fsp3) is 0.381. The van der Waals surface area contributed by atoms with Crippen LogP contribution in [0.15, 0.2) is 59.5 Å². The van der Waals surface area contributed by atoms with Crippen molar-refractivity contribution in [3.05, 3.63) is 65.7 Å². The third-order valence-electron chi connectivity index (χ3n) is 5.41. The topological polar surface area (TPSA) is 69.4 Å². The highest BCUT2D eigenvalue weighted by Gasteiger charge is 2.73. The van der Waals surface area contributed by atoms with E-state index >= 15 is 0 Å². The maximum Gasteiger partial charge on any atom is 0.182 e. The minimum Gasteiger partial charge on any atom is -0.393 e. The van der Waals surface area contributed by atoms with E-state index in [9.17, 15) is 8.42 Å². The zero-order chi connectivity index (χ0) is 19.7. The molecule has 1 fully saturated rings. The molecule has 3 atom stereocenters. The van der Waals surface area contributed by atoms with Crippen molar-refractivity contribution in [2.45, 2.75) is 36.3 Å². The van der Waals surface area contributed by atoms with E-state index in [1.54, 1.807) is 30.3 Å². The van der Waals surface area contributed by atoms with E-state index in [2.05, 4.69) is 6.92 Å². The summed E-state index contributed by atoms with van der Waals surface area (Å²) in [6.07, 6.45) is 0.927. The van der Waals surface area contributed by atoms with Crippen molar-refractivity contribution in [1.29, 1.82) is 0 Å². The van der Waals surface area contributed by atoms with Gasteiger partial charge in [-0.05, 0) is 36.6 Å². The van der Waals surface area contributed by atoms with Crippen LogP contribution >= 0.6 is 12.2 Å². The van der Waals surface area contributed by atoms with E-state index < -0.39 is 20.5 Å². The Morgan fingerprint density at radius 3 is 2.26 bits per heavy atom. The number of rotatable bonds is 8. The summed E-state index contributed by atoms with van der Waals surface area (Å²) in [5, 5.41) is -0.719. The molecule has 144 valence electrons. The lowest BCUT2D eigenvalue weighted by Crippen LogP contribution is -2.33. The lowest BCUT2D eigenvalue weighted by molar-refractivity contribution is 0.121. The van der Waals surface area contributed by atoms with E-state index in [1.165, 1.54) is 5.56 Å². The first kappa shape index (κ1) is 20.0. The van der Waals surface area contributed by atoms with Gasteiger partial charge in [0.25, 0.3) is 0 Å². The first-order chi connectivity index (χ1) is 12.9. The molecule has 6 heteroatoms. The number of sulfone groups is 1. The molecule has 2 aromatic carbocycles. The molecule has 1 saturated carbocycles. The summed E-state index contributed by atoms with van der Waals surface area (Å²) in [6.45, 7) is 4.64. The normalized spacial score (nSPS) is 24.5. The molecule has 0 radical (unpaired) electrons. The maximum absolute atomic E-state index is 13.4. The van der Waals surface area contributed by atoms with Gasteiger partial charge in [0.2, 0.25) is 0 Å². The second-order valence-corrected chi connectivity index (χ2v) is 9.40. The molecule has 0 spiro atoms. The molecule has 2 N–H and O–H groups in total. The van der Waals surface area contributed by atoms with Gasteiger partial charge in [0, 0.05) is 12.5 Å². The van der Waals surface area contributed by atoms with Crippen LogP contribution in [0.4, 0.5) is 0 Å². The minimum atomic E-state index is -3.61. The Kier molecular flexibility index (Phi) is 5.70. The average Bonchev–Trinajstić information content (AvgIpc) is 3.38. The van der Waals surface area contributed by atoms with Gasteiger partial charge in [0.15, 0.2) is 9.84 Å². The highest BCUT2D eigenvalue weighted by molar-refractivity contribution is 7.92. The molecule has 4 nitrogen and oxygen atoms in total. The molecule has 1 aliphatic carbocycles. The van der Waals surface area contributed by atoms with Crippen LogP contribution in [0.3, 0.4) is 0 Å². The second kappa shape index (κ2) is 7.70. The molecule has 1 aliphatic rings. The molecular weight excluding hydrogens is 378 g/mol. The summed E-state index contributed by atoms with van der Waals surface area (Å²) in [7, 11) is -3.61. The van der Waals surface area contributed by atoms with Gasteiger partial charge in [-0.25, -0.2) is 8.42 Å². The van der Waals surface area contributed by atoms with Gasteiger partial charge in [-0.3, -0.25) is 0 Å².